The Balaban J connectivity index is 2.10. The van der Waals surface area contributed by atoms with E-state index in [0.29, 0.717) is 17.0 Å². The van der Waals surface area contributed by atoms with Crippen LogP contribution in [-0.4, -0.2) is 42.3 Å². The minimum absolute atomic E-state index is 0.0130. The average molecular weight is 538 g/mol. The first-order chi connectivity index (χ1) is 17.0. The molecule has 37 heavy (non-hydrogen) atoms. The zero-order chi connectivity index (χ0) is 27.8. The van der Waals surface area contributed by atoms with Crippen LogP contribution in [0.5, 0.6) is 0 Å². The number of hydrogen-bond acceptors (Lipinski definition) is 5. The molecule has 0 saturated carbocycles. The van der Waals surface area contributed by atoms with Crippen molar-refractivity contribution in [1.29, 1.82) is 0 Å². The standard InChI is InChI=1S/C27H38F3N3O3Si/c1-9-35-24(34)19-16-31-33(23(19)27(28,29)30)22-14-10-13-21(32-22)18-12-11-15-26(5,6)20(18)17-36-37(7,8)25(2,3)4/h10,13-14,16H,9,11-12,15,17H2,1-8H3. The van der Waals surface area contributed by atoms with E-state index < -0.39 is 31.7 Å². The number of pyridine rings is 1. The van der Waals surface area contributed by atoms with E-state index >= 15 is 0 Å². The lowest BCUT2D eigenvalue weighted by Gasteiger charge is -2.40. The van der Waals surface area contributed by atoms with E-state index in [1.165, 1.54) is 13.0 Å². The Morgan fingerprint density at radius 3 is 2.46 bits per heavy atom. The average Bonchev–Trinajstić information content (AvgIpc) is 3.23. The summed E-state index contributed by atoms with van der Waals surface area (Å²) < 4.78 is 54.2. The first kappa shape index (κ1) is 29.1. The summed E-state index contributed by atoms with van der Waals surface area (Å²) in [4.78, 5) is 16.8. The van der Waals surface area contributed by atoms with Crippen LogP contribution < -0.4 is 0 Å². The monoisotopic (exact) mass is 537 g/mol. The lowest BCUT2D eigenvalue weighted by Crippen LogP contribution is -2.42. The first-order valence-corrected chi connectivity index (χ1v) is 15.6. The second-order valence-corrected chi connectivity index (χ2v) is 16.5. The summed E-state index contributed by atoms with van der Waals surface area (Å²) in [5, 5.41) is 3.93. The highest BCUT2D eigenvalue weighted by Gasteiger charge is 2.42. The number of ether oxygens (including phenoxy) is 1. The number of rotatable bonds is 7. The summed E-state index contributed by atoms with van der Waals surface area (Å²) in [6.07, 6.45) is -1.25. The molecule has 0 fully saturated rings. The molecule has 10 heteroatoms. The summed E-state index contributed by atoms with van der Waals surface area (Å²) in [7, 11) is -2.03. The molecule has 0 spiro atoms. The number of aromatic nitrogens is 3. The summed E-state index contributed by atoms with van der Waals surface area (Å²) in [5.74, 6) is -1.08. The van der Waals surface area contributed by atoms with Crippen molar-refractivity contribution in [3.8, 4) is 5.82 Å². The van der Waals surface area contributed by atoms with Gasteiger partial charge in [0.2, 0.25) is 0 Å². The van der Waals surface area contributed by atoms with Crippen LogP contribution in [0.1, 0.15) is 82.6 Å². The van der Waals surface area contributed by atoms with Gasteiger partial charge in [0.05, 0.1) is 25.1 Å². The molecule has 2 heterocycles. The van der Waals surface area contributed by atoms with Crippen LogP contribution in [0, 0.1) is 5.41 Å². The highest BCUT2D eigenvalue weighted by molar-refractivity contribution is 6.74. The number of nitrogens with zero attached hydrogens (tertiary/aromatic N) is 3. The number of allylic oxidation sites excluding steroid dienone is 1. The Morgan fingerprint density at radius 2 is 1.86 bits per heavy atom. The van der Waals surface area contributed by atoms with Crippen LogP contribution in [-0.2, 0) is 15.3 Å². The number of alkyl halides is 3. The quantitative estimate of drug-likeness (QED) is 0.271. The third-order valence-electron chi connectivity index (χ3n) is 7.59. The Labute approximate surface area is 218 Å². The molecule has 0 aromatic carbocycles. The zero-order valence-electron chi connectivity index (χ0n) is 23.0. The molecule has 0 unspecified atom stereocenters. The maximum Gasteiger partial charge on any atom is 0.434 e. The molecule has 2 aromatic rings. The van der Waals surface area contributed by atoms with E-state index in [-0.39, 0.29) is 22.9 Å². The summed E-state index contributed by atoms with van der Waals surface area (Å²) >= 11 is 0. The Morgan fingerprint density at radius 1 is 1.19 bits per heavy atom. The molecule has 1 aliphatic rings. The fourth-order valence-corrected chi connectivity index (χ4v) is 5.25. The SMILES string of the molecule is CCOC(=O)c1cnn(-c2cccc(C3=C(CO[Si](C)(C)C(C)(C)C)C(C)(C)CCC3)n2)c1C(F)(F)F. The van der Waals surface area contributed by atoms with E-state index in [1.54, 1.807) is 6.07 Å². The minimum atomic E-state index is -4.83. The van der Waals surface area contributed by atoms with Gasteiger partial charge in [-0.05, 0) is 73.0 Å². The zero-order valence-corrected chi connectivity index (χ0v) is 24.0. The van der Waals surface area contributed by atoms with Gasteiger partial charge in [-0.3, -0.25) is 0 Å². The van der Waals surface area contributed by atoms with Gasteiger partial charge in [-0.2, -0.15) is 18.3 Å². The number of esters is 1. The number of hydrogen-bond donors (Lipinski definition) is 0. The fourth-order valence-electron chi connectivity index (χ4n) is 4.31. The molecule has 0 bridgehead atoms. The van der Waals surface area contributed by atoms with Crippen molar-refractivity contribution in [2.75, 3.05) is 13.2 Å². The van der Waals surface area contributed by atoms with Gasteiger partial charge in [-0.1, -0.05) is 40.7 Å². The maximum atomic E-state index is 14.0. The molecule has 1 aliphatic carbocycles. The fraction of sp³-hybridized carbons (Fsp3) is 0.593. The highest BCUT2D eigenvalue weighted by Crippen LogP contribution is 2.45. The second-order valence-electron chi connectivity index (χ2n) is 11.7. The van der Waals surface area contributed by atoms with Crippen molar-refractivity contribution in [1.82, 2.24) is 14.8 Å². The van der Waals surface area contributed by atoms with Gasteiger partial charge < -0.3 is 9.16 Å². The van der Waals surface area contributed by atoms with Crippen molar-refractivity contribution in [3.63, 3.8) is 0 Å². The first-order valence-electron chi connectivity index (χ1n) is 12.7. The Kier molecular flexibility index (Phi) is 8.15. The van der Waals surface area contributed by atoms with E-state index in [2.05, 4.69) is 57.8 Å². The van der Waals surface area contributed by atoms with Crippen molar-refractivity contribution >= 4 is 19.9 Å². The maximum absolute atomic E-state index is 14.0. The molecule has 3 rings (SSSR count). The van der Waals surface area contributed by atoms with Crippen LogP contribution in [0.15, 0.2) is 30.0 Å². The molecule has 2 aromatic heterocycles. The normalized spacial score (nSPS) is 16.7. The van der Waals surface area contributed by atoms with E-state index in [1.807, 2.05) is 6.07 Å². The molecule has 0 amide bonds. The van der Waals surface area contributed by atoms with Gasteiger partial charge >= 0.3 is 12.1 Å². The van der Waals surface area contributed by atoms with Crippen molar-refractivity contribution < 1.29 is 27.1 Å². The molecule has 0 aliphatic heterocycles. The van der Waals surface area contributed by atoms with Gasteiger partial charge in [0.1, 0.15) is 5.56 Å². The van der Waals surface area contributed by atoms with Crippen LogP contribution in [0.3, 0.4) is 0 Å². The largest absolute Gasteiger partial charge is 0.462 e. The Bertz CT molecular complexity index is 1180. The smallest absolute Gasteiger partial charge is 0.434 e. The minimum Gasteiger partial charge on any atom is -0.462 e. The van der Waals surface area contributed by atoms with Crippen LogP contribution in [0.4, 0.5) is 13.2 Å². The van der Waals surface area contributed by atoms with Crippen LogP contribution >= 0.6 is 0 Å². The lowest BCUT2D eigenvalue weighted by atomic mass is 9.72. The molecule has 0 radical (unpaired) electrons. The predicted octanol–water partition coefficient (Wildman–Crippen LogP) is 7.45. The van der Waals surface area contributed by atoms with Crippen molar-refractivity contribution in [2.24, 2.45) is 5.41 Å². The third-order valence-corrected chi connectivity index (χ3v) is 12.1. The third kappa shape index (κ3) is 6.17. The van der Waals surface area contributed by atoms with Crippen LogP contribution in [0.25, 0.3) is 11.4 Å². The molecule has 204 valence electrons. The number of carbonyl (C=O) groups excluding carboxylic acids is 1. The second kappa shape index (κ2) is 10.4. The predicted molar refractivity (Wildman–Crippen MR) is 140 cm³/mol. The van der Waals surface area contributed by atoms with E-state index in [0.717, 1.165) is 36.6 Å². The van der Waals surface area contributed by atoms with Gasteiger partial charge in [0.25, 0.3) is 0 Å². The Hall–Kier alpha value is -2.46. The van der Waals surface area contributed by atoms with E-state index in [4.69, 9.17) is 9.16 Å². The number of carbonyl (C=O) groups is 1. The number of halogens is 3. The molecular formula is C27H38F3N3O3Si. The lowest BCUT2D eigenvalue weighted by molar-refractivity contribution is -0.143. The van der Waals surface area contributed by atoms with E-state index in [9.17, 15) is 18.0 Å². The molecular weight excluding hydrogens is 499 g/mol. The molecule has 0 N–H and O–H groups in total. The summed E-state index contributed by atoms with van der Waals surface area (Å²) in [6.45, 7) is 17.3. The summed E-state index contributed by atoms with van der Waals surface area (Å²) in [5.41, 5.74) is 0.770. The molecule has 0 saturated heterocycles. The van der Waals surface area contributed by atoms with Gasteiger partial charge in [0.15, 0.2) is 19.8 Å². The van der Waals surface area contributed by atoms with Crippen molar-refractivity contribution in [2.45, 2.75) is 85.1 Å². The molecule has 0 atom stereocenters. The topological polar surface area (TPSA) is 66.2 Å². The van der Waals surface area contributed by atoms with Crippen LogP contribution in [0.2, 0.25) is 18.1 Å². The van der Waals surface area contributed by atoms with Crippen molar-refractivity contribution in [3.05, 3.63) is 46.9 Å². The summed E-state index contributed by atoms with van der Waals surface area (Å²) in [6, 6.07) is 4.95. The highest BCUT2D eigenvalue weighted by atomic mass is 28.4. The molecule has 6 nitrogen and oxygen atoms in total. The van der Waals surface area contributed by atoms with Gasteiger partial charge in [0, 0.05) is 0 Å². The van der Waals surface area contributed by atoms with Gasteiger partial charge in [-0.15, -0.1) is 0 Å². The van der Waals surface area contributed by atoms with Gasteiger partial charge in [-0.25, -0.2) is 14.5 Å².